The maximum atomic E-state index is 12.3. The highest BCUT2D eigenvalue weighted by Crippen LogP contribution is 2.27. The highest BCUT2D eigenvalue weighted by molar-refractivity contribution is 5.94. The summed E-state index contributed by atoms with van der Waals surface area (Å²) in [6, 6.07) is 10.3. The van der Waals surface area contributed by atoms with Gasteiger partial charge in [0.15, 0.2) is 18.1 Å². The molecule has 2 rings (SSSR count). The van der Waals surface area contributed by atoms with E-state index >= 15 is 0 Å². The number of amides is 1. The smallest absolute Gasteiger partial charge is 0.342 e. The van der Waals surface area contributed by atoms with E-state index in [-0.39, 0.29) is 5.56 Å². The van der Waals surface area contributed by atoms with Gasteiger partial charge in [-0.1, -0.05) is 6.07 Å². The first-order chi connectivity index (χ1) is 14.0. The summed E-state index contributed by atoms with van der Waals surface area (Å²) in [6.07, 6.45) is 0.587. The fourth-order valence-electron chi connectivity index (χ4n) is 2.62. The van der Waals surface area contributed by atoms with Crippen LogP contribution in [0.1, 0.15) is 15.9 Å². The van der Waals surface area contributed by atoms with Gasteiger partial charge >= 0.3 is 5.97 Å². The van der Waals surface area contributed by atoms with Crippen molar-refractivity contribution in [2.24, 2.45) is 0 Å². The first-order valence-corrected chi connectivity index (χ1v) is 8.89. The molecule has 0 saturated carbocycles. The van der Waals surface area contributed by atoms with Gasteiger partial charge in [0.05, 0.1) is 28.4 Å². The van der Waals surface area contributed by atoms with E-state index in [2.05, 4.69) is 5.32 Å². The zero-order chi connectivity index (χ0) is 21.2. The number of nitrogens with one attached hydrogen (secondary N) is 1. The van der Waals surface area contributed by atoms with Crippen LogP contribution < -0.4 is 24.3 Å². The summed E-state index contributed by atoms with van der Waals surface area (Å²) in [6.45, 7) is -0.0144. The van der Waals surface area contributed by atoms with Crippen LogP contribution in [0.2, 0.25) is 0 Å². The Kier molecular flexibility index (Phi) is 8.14. The topological polar surface area (TPSA) is 92.3 Å². The molecule has 2 aromatic carbocycles. The molecule has 0 spiro atoms. The Labute approximate surface area is 169 Å². The van der Waals surface area contributed by atoms with Crippen molar-refractivity contribution >= 4 is 11.9 Å². The minimum absolute atomic E-state index is 0.185. The molecule has 156 valence electrons. The number of hydrogen-bond acceptors (Lipinski definition) is 7. The molecular formula is C21H25NO7. The van der Waals surface area contributed by atoms with Crippen molar-refractivity contribution in [3.05, 3.63) is 47.5 Å². The van der Waals surface area contributed by atoms with Crippen molar-refractivity contribution in [2.75, 3.05) is 41.6 Å². The first kappa shape index (κ1) is 21.9. The Bertz CT molecular complexity index is 851. The van der Waals surface area contributed by atoms with Gasteiger partial charge in [-0.25, -0.2) is 4.79 Å². The molecule has 0 atom stereocenters. The van der Waals surface area contributed by atoms with E-state index in [1.165, 1.54) is 20.3 Å². The number of carbonyl (C=O) groups is 2. The lowest BCUT2D eigenvalue weighted by molar-refractivity contribution is -0.124. The second kappa shape index (κ2) is 10.8. The van der Waals surface area contributed by atoms with Gasteiger partial charge in [0.2, 0.25) is 0 Å². The molecule has 8 nitrogen and oxygen atoms in total. The molecular weight excluding hydrogens is 378 g/mol. The predicted molar refractivity (Wildman–Crippen MR) is 106 cm³/mol. The largest absolute Gasteiger partial charge is 0.497 e. The molecule has 0 aromatic heterocycles. The third kappa shape index (κ3) is 6.03. The van der Waals surface area contributed by atoms with E-state index in [0.717, 1.165) is 5.56 Å². The van der Waals surface area contributed by atoms with Crippen molar-refractivity contribution in [2.45, 2.75) is 6.42 Å². The summed E-state index contributed by atoms with van der Waals surface area (Å²) in [5.41, 5.74) is 1.16. The van der Waals surface area contributed by atoms with Crippen LogP contribution in [0, 0.1) is 0 Å². The van der Waals surface area contributed by atoms with Crippen molar-refractivity contribution in [3.8, 4) is 23.0 Å². The molecule has 0 radical (unpaired) electrons. The number of methoxy groups -OCH3 is 4. The molecule has 0 unspecified atom stereocenters. The molecule has 0 aliphatic carbocycles. The lowest BCUT2D eigenvalue weighted by atomic mass is 10.1. The minimum atomic E-state index is -0.671. The van der Waals surface area contributed by atoms with Gasteiger partial charge in [-0.15, -0.1) is 0 Å². The third-order valence-corrected chi connectivity index (χ3v) is 4.14. The van der Waals surface area contributed by atoms with Crippen LogP contribution in [0.4, 0.5) is 0 Å². The fourth-order valence-corrected chi connectivity index (χ4v) is 2.62. The monoisotopic (exact) mass is 403 g/mol. The van der Waals surface area contributed by atoms with Gasteiger partial charge in [-0.2, -0.15) is 0 Å². The number of esters is 1. The molecule has 0 bridgehead atoms. The summed E-state index contributed by atoms with van der Waals surface area (Å²) in [7, 11) is 6.07. The Morgan fingerprint density at radius 2 is 1.52 bits per heavy atom. The SMILES string of the molecule is COc1ccc(OC)c(C(=O)OCC(=O)NCCc2ccc(OC)c(OC)c2)c1. The summed E-state index contributed by atoms with van der Waals surface area (Å²) >= 11 is 0. The Balaban J connectivity index is 1.84. The van der Waals surface area contributed by atoms with Gasteiger partial charge in [-0.3, -0.25) is 4.79 Å². The number of carbonyl (C=O) groups excluding carboxylic acids is 2. The van der Waals surface area contributed by atoms with Crippen LogP contribution in [0.25, 0.3) is 0 Å². The zero-order valence-corrected chi connectivity index (χ0v) is 16.9. The highest BCUT2D eigenvalue weighted by atomic mass is 16.5. The minimum Gasteiger partial charge on any atom is -0.497 e. The number of rotatable bonds is 10. The number of hydrogen-bond donors (Lipinski definition) is 1. The summed E-state index contributed by atoms with van der Waals surface area (Å²) in [5.74, 6) is 1.01. The second-order valence-corrected chi connectivity index (χ2v) is 5.93. The molecule has 1 amide bonds. The van der Waals surface area contributed by atoms with E-state index in [0.29, 0.717) is 36.0 Å². The molecule has 0 aliphatic heterocycles. The Morgan fingerprint density at radius 1 is 0.828 bits per heavy atom. The molecule has 0 aliphatic rings. The first-order valence-electron chi connectivity index (χ1n) is 8.89. The fraction of sp³-hybridized carbons (Fsp3) is 0.333. The van der Waals surface area contributed by atoms with Crippen molar-refractivity contribution in [1.82, 2.24) is 5.32 Å². The zero-order valence-electron chi connectivity index (χ0n) is 16.9. The number of benzene rings is 2. The van der Waals surface area contributed by atoms with Crippen LogP contribution in [0.15, 0.2) is 36.4 Å². The molecule has 0 heterocycles. The lowest BCUT2D eigenvalue weighted by Crippen LogP contribution is -2.30. The Hall–Kier alpha value is -3.42. The van der Waals surface area contributed by atoms with Crippen LogP contribution in [-0.2, 0) is 16.0 Å². The highest BCUT2D eigenvalue weighted by Gasteiger charge is 2.16. The van der Waals surface area contributed by atoms with E-state index in [9.17, 15) is 9.59 Å². The van der Waals surface area contributed by atoms with E-state index in [4.69, 9.17) is 23.7 Å². The normalized spacial score (nSPS) is 10.1. The second-order valence-electron chi connectivity index (χ2n) is 5.93. The quantitative estimate of drug-likeness (QED) is 0.608. The average Bonchev–Trinajstić information content (AvgIpc) is 2.76. The van der Waals surface area contributed by atoms with Crippen LogP contribution >= 0.6 is 0 Å². The molecule has 2 aromatic rings. The van der Waals surface area contributed by atoms with Crippen molar-refractivity contribution < 1.29 is 33.3 Å². The molecule has 0 fully saturated rings. The molecule has 1 N–H and O–H groups in total. The van der Waals surface area contributed by atoms with Crippen molar-refractivity contribution in [1.29, 1.82) is 0 Å². The van der Waals surface area contributed by atoms with E-state index in [1.54, 1.807) is 32.4 Å². The Morgan fingerprint density at radius 3 is 2.17 bits per heavy atom. The summed E-state index contributed by atoms with van der Waals surface area (Å²) in [4.78, 5) is 24.2. The van der Waals surface area contributed by atoms with Gasteiger partial charge < -0.3 is 29.0 Å². The maximum absolute atomic E-state index is 12.3. The molecule has 29 heavy (non-hydrogen) atoms. The van der Waals surface area contributed by atoms with Crippen molar-refractivity contribution in [3.63, 3.8) is 0 Å². The average molecular weight is 403 g/mol. The molecule has 0 saturated heterocycles. The van der Waals surface area contributed by atoms with Gasteiger partial charge in [0.25, 0.3) is 5.91 Å². The third-order valence-electron chi connectivity index (χ3n) is 4.14. The van der Waals surface area contributed by atoms with Crippen LogP contribution in [0.3, 0.4) is 0 Å². The number of ether oxygens (including phenoxy) is 5. The van der Waals surface area contributed by atoms with Gasteiger partial charge in [0, 0.05) is 6.54 Å². The van der Waals surface area contributed by atoms with Crippen LogP contribution in [-0.4, -0.2) is 53.5 Å². The summed E-state index contributed by atoms with van der Waals surface area (Å²) < 4.78 is 25.8. The maximum Gasteiger partial charge on any atom is 0.342 e. The predicted octanol–water partition coefficient (Wildman–Crippen LogP) is 2.24. The lowest BCUT2D eigenvalue weighted by Gasteiger charge is -2.11. The van der Waals surface area contributed by atoms with Gasteiger partial charge in [0.1, 0.15) is 17.1 Å². The standard InChI is InChI=1S/C21H25NO7/c1-25-15-6-8-17(26-2)16(12-15)21(24)29-13-20(23)22-10-9-14-5-7-18(27-3)19(11-14)28-4/h5-8,11-12H,9-10,13H2,1-4H3,(H,22,23). The summed E-state index contributed by atoms with van der Waals surface area (Å²) in [5, 5.41) is 2.71. The molecule has 8 heteroatoms. The van der Waals surface area contributed by atoms with Gasteiger partial charge in [-0.05, 0) is 42.3 Å². The van der Waals surface area contributed by atoms with E-state index in [1.807, 2.05) is 12.1 Å². The van der Waals surface area contributed by atoms with Crippen LogP contribution in [0.5, 0.6) is 23.0 Å². The van der Waals surface area contributed by atoms with E-state index < -0.39 is 18.5 Å².